The van der Waals surface area contributed by atoms with E-state index < -0.39 is 10.0 Å². The first-order valence-electron chi connectivity index (χ1n) is 9.66. The monoisotopic (exact) mass is 396 g/mol. The average molecular weight is 397 g/mol. The largest absolute Gasteiger partial charge is 0.377 e. The molecule has 5 N–H and O–H groups in total. The van der Waals surface area contributed by atoms with Gasteiger partial charge in [0.15, 0.2) is 0 Å². The number of nitrogens with zero attached hydrogens (tertiary/aromatic N) is 1. The lowest BCUT2D eigenvalue weighted by molar-refractivity contribution is -0.829. The number of aromatic nitrogens is 2. The summed E-state index contributed by atoms with van der Waals surface area (Å²) >= 11 is 0. The number of hydrogen-bond acceptors (Lipinski definition) is 5. The molecule has 0 radical (unpaired) electrons. The van der Waals surface area contributed by atoms with E-state index in [0.29, 0.717) is 0 Å². The van der Waals surface area contributed by atoms with Crippen LogP contribution in [0, 0.1) is 0 Å². The lowest BCUT2D eigenvalue weighted by Crippen LogP contribution is -2.76. The first kappa shape index (κ1) is 20.1. The number of nitrogens with one attached hydrogen (secondary N) is 3. The van der Waals surface area contributed by atoms with Crippen molar-refractivity contribution in [3.63, 3.8) is 0 Å². The zero-order valence-electron chi connectivity index (χ0n) is 16.2. The van der Waals surface area contributed by atoms with Gasteiger partial charge in [-0.2, -0.15) is 5.48 Å². The molecule has 2 heterocycles. The van der Waals surface area contributed by atoms with Gasteiger partial charge in [-0.15, -0.1) is 0 Å². The van der Waals surface area contributed by atoms with E-state index in [4.69, 9.17) is 4.84 Å². The maximum Gasteiger partial charge on any atom is 0.214 e. The predicted molar refractivity (Wildman–Crippen MR) is 106 cm³/mol. The van der Waals surface area contributed by atoms with Gasteiger partial charge in [0.25, 0.3) is 0 Å². The van der Waals surface area contributed by atoms with Gasteiger partial charge in [-0.05, 0) is 38.2 Å². The van der Waals surface area contributed by atoms with Crippen LogP contribution in [-0.4, -0.2) is 42.8 Å². The number of aromatic amines is 1. The minimum atomic E-state index is -3.13. The SMILES string of the molecule is CC.CO[NH2+]c1cnc2[nH]ccc2c1N[C@@H]1CC[C@H](NS(=O)(=O)C2CC2)C1. The molecule has 0 aromatic carbocycles. The van der Waals surface area contributed by atoms with Crippen molar-refractivity contribution >= 4 is 32.4 Å². The molecule has 150 valence electrons. The molecule has 2 aromatic heterocycles. The van der Waals surface area contributed by atoms with Crippen LogP contribution in [0.3, 0.4) is 0 Å². The van der Waals surface area contributed by atoms with Gasteiger partial charge < -0.3 is 10.3 Å². The van der Waals surface area contributed by atoms with Gasteiger partial charge in [-0.3, -0.25) is 0 Å². The van der Waals surface area contributed by atoms with Crippen LogP contribution in [0.25, 0.3) is 11.0 Å². The van der Waals surface area contributed by atoms with Crippen molar-refractivity contribution in [2.24, 2.45) is 0 Å². The Balaban J connectivity index is 0.00000102. The van der Waals surface area contributed by atoms with Crippen molar-refractivity contribution in [2.75, 3.05) is 12.4 Å². The van der Waals surface area contributed by atoms with Gasteiger partial charge in [0.05, 0.1) is 18.6 Å². The number of quaternary nitrogens is 1. The summed E-state index contributed by atoms with van der Waals surface area (Å²) in [4.78, 5) is 12.7. The fourth-order valence-electron chi connectivity index (χ4n) is 3.53. The number of fused-ring (bicyclic) bond motifs is 1. The van der Waals surface area contributed by atoms with E-state index in [1.54, 1.807) is 18.8 Å². The Morgan fingerprint density at radius 2 is 1.96 bits per heavy atom. The number of anilines is 1. The lowest BCUT2D eigenvalue weighted by Gasteiger charge is -2.17. The fraction of sp³-hybridized carbons (Fsp3) is 0.611. The molecule has 2 aliphatic carbocycles. The van der Waals surface area contributed by atoms with Crippen molar-refractivity contribution in [2.45, 2.75) is 63.3 Å². The Hall–Kier alpha value is -1.68. The number of H-pyrrole nitrogens is 1. The number of sulfonamides is 1. The highest BCUT2D eigenvalue weighted by molar-refractivity contribution is 7.90. The van der Waals surface area contributed by atoms with E-state index >= 15 is 0 Å². The molecule has 2 saturated carbocycles. The number of rotatable bonds is 7. The van der Waals surface area contributed by atoms with Gasteiger partial charge in [0.1, 0.15) is 11.3 Å². The molecule has 0 unspecified atom stereocenters. The normalized spacial score (nSPS) is 22.5. The third-order valence-corrected chi connectivity index (χ3v) is 6.95. The highest BCUT2D eigenvalue weighted by Gasteiger charge is 2.38. The summed E-state index contributed by atoms with van der Waals surface area (Å²) in [6.07, 6.45) is 7.79. The van der Waals surface area contributed by atoms with E-state index in [2.05, 4.69) is 20.0 Å². The summed E-state index contributed by atoms with van der Waals surface area (Å²) in [7, 11) is -1.51. The smallest absolute Gasteiger partial charge is 0.214 e. The van der Waals surface area contributed by atoms with E-state index in [0.717, 1.165) is 54.5 Å². The van der Waals surface area contributed by atoms with Crippen LogP contribution >= 0.6 is 0 Å². The first-order valence-corrected chi connectivity index (χ1v) is 11.2. The summed E-state index contributed by atoms with van der Waals surface area (Å²) < 4.78 is 27.1. The van der Waals surface area contributed by atoms with Crippen molar-refractivity contribution in [1.82, 2.24) is 14.7 Å². The van der Waals surface area contributed by atoms with Crippen LogP contribution < -0.4 is 15.5 Å². The van der Waals surface area contributed by atoms with Crippen LogP contribution in [0.2, 0.25) is 0 Å². The quantitative estimate of drug-likeness (QED) is 0.533. The zero-order valence-corrected chi connectivity index (χ0v) is 17.0. The highest BCUT2D eigenvalue weighted by Crippen LogP contribution is 2.32. The molecule has 0 amide bonds. The third-order valence-electron chi connectivity index (χ3n) is 4.94. The van der Waals surface area contributed by atoms with Gasteiger partial charge in [0, 0.05) is 23.7 Å². The second-order valence-corrected chi connectivity index (χ2v) is 8.89. The summed E-state index contributed by atoms with van der Waals surface area (Å²) in [5.41, 5.74) is 4.35. The summed E-state index contributed by atoms with van der Waals surface area (Å²) in [5, 5.41) is 4.42. The standard InChI is InChI=1S/C16H23N5O3S.C2H6/c1-24-20-14-9-18-16-13(6-7-17-16)15(14)19-10-2-3-11(8-10)21-25(22,23)12-4-5-12;1-2/h6-7,9-12,20-21H,2-5,8H2,1H3,(H2,17,18,19);1-2H3/p+1/t10-,11+;/m1./s1. The van der Waals surface area contributed by atoms with Crippen LogP contribution in [0.5, 0.6) is 0 Å². The highest BCUT2D eigenvalue weighted by atomic mass is 32.2. The fourth-order valence-corrected chi connectivity index (χ4v) is 5.16. The van der Waals surface area contributed by atoms with Crippen molar-refractivity contribution < 1.29 is 18.7 Å². The van der Waals surface area contributed by atoms with Gasteiger partial charge in [-0.25, -0.2) is 23.0 Å². The maximum absolute atomic E-state index is 12.1. The van der Waals surface area contributed by atoms with Crippen LogP contribution in [0.4, 0.5) is 11.4 Å². The van der Waals surface area contributed by atoms with Gasteiger partial charge in [-0.1, -0.05) is 13.8 Å². The molecule has 2 atom stereocenters. The first-order chi connectivity index (χ1) is 13.1. The molecule has 2 aliphatic rings. The molecule has 0 bridgehead atoms. The lowest BCUT2D eigenvalue weighted by atomic mass is 10.2. The van der Waals surface area contributed by atoms with E-state index in [-0.39, 0.29) is 17.3 Å². The topological polar surface area (TPSA) is 113 Å². The molecule has 9 heteroatoms. The minimum absolute atomic E-state index is 0.0153. The third kappa shape index (κ3) is 4.60. The number of pyridine rings is 1. The number of hydrogen-bond donors (Lipinski definition) is 4. The summed E-state index contributed by atoms with van der Waals surface area (Å²) in [6.45, 7) is 4.00. The van der Waals surface area contributed by atoms with E-state index in [1.165, 1.54) is 0 Å². The number of nitrogens with two attached hydrogens (primary N) is 1. The van der Waals surface area contributed by atoms with Crippen LogP contribution in [-0.2, 0) is 14.9 Å². The Bertz CT molecular complexity index is 863. The summed E-state index contributed by atoms with van der Waals surface area (Å²) in [5.74, 6) is 0. The molecule has 0 aliphatic heterocycles. The molecule has 0 spiro atoms. The van der Waals surface area contributed by atoms with Gasteiger partial charge >= 0.3 is 0 Å². The molecule has 4 rings (SSSR count). The second-order valence-electron chi connectivity index (χ2n) is 6.90. The Morgan fingerprint density at radius 3 is 2.67 bits per heavy atom. The van der Waals surface area contributed by atoms with Crippen molar-refractivity contribution in [3.05, 3.63) is 18.5 Å². The van der Waals surface area contributed by atoms with Crippen molar-refractivity contribution in [1.29, 1.82) is 0 Å². The maximum atomic E-state index is 12.1. The van der Waals surface area contributed by atoms with Crippen LogP contribution in [0.15, 0.2) is 18.5 Å². The summed E-state index contributed by atoms with van der Waals surface area (Å²) in [6, 6.07) is 2.22. The van der Waals surface area contributed by atoms with Crippen molar-refractivity contribution in [3.8, 4) is 0 Å². The van der Waals surface area contributed by atoms with Crippen LogP contribution in [0.1, 0.15) is 46.0 Å². The molecular formula is C18H30N5O3S+. The Morgan fingerprint density at radius 1 is 1.22 bits per heavy atom. The van der Waals surface area contributed by atoms with E-state index in [1.807, 2.05) is 26.1 Å². The molecule has 0 saturated heterocycles. The zero-order chi connectivity index (χ0) is 19.4. The average Bonchev–Trinajstić information content (AvgIpc) is 3.28. The minimum Gasteiger partial charge on any atom is -0.377 e. The Kier molecular flexibility index (Phi) is 6.36. The molecule has 2 aromatic rings. The second kappa shape index (κ2) is 8.55. The van der Waals surface area contributed by atoms with E-state index in [9.17, 15) is 8.42 Å². The molecule has 27 heavy (non-hydrogen) atoms. The van der Waals surface area contributed by atoms with Gasteiger partial charge in [0.2, 0.25) is 15.7 Å². The molecular weight excluding hydrogens is 366 g/mol. The Labute approximate surface area is 160 Å². The molecule has 8 nitrogen and oxygen atoms in total. The molecule has 2 fully saturated rings. The predicted octanol–water partition coefficient (Wildman–Crippen LogP) is 1.76.